The molecule has 2 rings (SSSR count). The van der Waals surface area contributed by atoms with Crippen molar-refractivity contribution < 1.29 is 17.9 Å². The lowest BCUT2D eigenvalue weighted by Gasteiger charge is -2.17. The molecule has 0 fully saturated rings. The molecule has 0 aromatic carbocycles. The van der Waals surface area contributed by atoms with Crippen molar-refractivity contribution in [2.75, 3.05) is 6.61 Å². The molecule has 142 valence electrons. The molecular formula is C17H22N2O5S2. The van der Waals surface area contributed by atoms with E-state index in [1.165, 1.54) is 17.4 Å². The second kappa shape index (κ2) is 7.32. The highest BCUT2D eigenvalue weighted by molar-refractivity contribution is 7.92. The van der Waals surface area contributed by atoms with Gasteiger partial charge in [-0.1, -0.05) is 0 Å². The summed E-state index contributed by atoms with van der Waals surface area (Å²) in [7, 11) is -3.38. The first kappa shape index (κ1) is 20.3. The van der Waals surface area contributed by atoms with Crippen LogP contribution in [0.15, 0.2) is 16.2 Å². The summed E-state index contributed by atoms with van der Waals surface area (Å²) in [6.45, 7) is 8.42. The molecule has 2 heterocycles. The van der Waals surface area contributed by atoms with Gasteiger partial charge in [0.2, 0.25) is 0 Å². The molecule has 0 amide bonds. The highest BCUT2D eigenvalue weighted by Crippen LogP contribution is 2.26. The maximum atomic E-state index is 12.3. The maximum Gasteiger partial charge on any atom is 0.339 e. The smallest absolute Gasteiger partial charge is 0.339 e. The Morgan fingerprint density at radius 1 is 1.35 bits per heavy atom. The van der Waals surface area contributed by atoms with E-state index in [2.05, 4.69) is 9.97 Å². The van der Waals surface area contributed by atoms with E-state index in [1.807, 2.05) is 0 Å². The van der Waals surface area contributed by atoms with Crippen LogP contribution in [0.4, 0.5) is 0 Å². The first-order chi connectivity index (χ1) is 12.0. The quantitative estimate of drug-likeness (QED) is 0.776. The topological polar surface area (TPSA) is 106 Å². The lowest BCUT2D eigenvalue weighted by molar-refractivity contribution is 0.0525. The molecule has 0 atom stereocenters. The number of esters is 1. The summed E-state index contributed by atoms with van der Waals surface area (Å²) in [4.78, 5) is 31.2. The Morgan fingerprint density at radius 2 is 2.00 bits per heavy atom. The molecule has 1 N–H and O–H groups in total. The molecule has 0 spiro atoms. The van der Waals surface area contributed by atoms with Crippen molar-refractivity contribution in [1.29, 1.82) is 0 Å². The SMILES string of the molecule is CCOC(=O)c1cc(-c2csc(CS(=O)(=O)C(C)(C)C)n2)c(=O)[nH]c1C. The van der Waals surface area contributed by atoms with E-state index in [-0.39, 0.29) is 23.5 Å². The third-order valence-corrected chi connectivity index (χ3v) is 7.36. The van der Waals surface area contributed by atoms with Crippen LogP contribution in [-0.4, -0.2) is 35.7 Å². The van der Waals surface area contributed by atoms with Gasteiger partial charge in [0.1, 0.15) is 10.8 Å². The summed E-state index contributed by atoms with van der Waals surface area (Å²) in [5, 5.41) is 2.01. The molecule has 0 aliphatic heterocycles. The molecule has 26 heavy (non-hydrogen) atoms. The van der Waals surface area contributed by atoms with E-state index in [9.17, 15) is 18.0 Å². The predicted octanol–water partition coefficient (Wildman–Crippen LogP) is 2.70. The van der Waals surface area contributed by atoms with Gasteiger partial charge >= 0.3 is 5.97 Å². The van der Waals surface area contributed by atoms with Crippen molar-refractivity contribution in [2.24, 2.45) is 0 Å². The van der Waals surface area contributed by atoms with E-state index in [0.29, 0.717) is 16.4 Å². The lowest BCUT2D eigenvalue weighted by Crippen LogP contribution is -2.29. The Kier molecular flexibility index (Phi) is 5.72. The van der Waals surface area contributed by atoms with E-state index in [0.717, 1.165) is 0 Å². The summed E-state index contributed by atoms with van der Waals surface area (Å²) >= 11 is 1.17. The number of thiazole rings is 1. The van der Waals surface area contributed by atoms with Gasteiger partial charge in [-0.05, 0) is 40.7 Å². The monoisotopic (exact) mass is 398 g/mol. The number of hydrogen-bond donors (Lipinski definition) is 1. The van der Waals surface area contributed by atoms with Gasteiger partial charge in [0.25, 0.3) is 5.56 Å². The zero-order chi connectivity index (χ0) is 19.7. The van der Waals surface area contributed by atoms with Crippen molar-refractivity contribution in [1.82, 2.24) is 9.97 Å². The fraction of sp³-hybridized carbons (Fsp3) is 0.471. The Hall–Kier alpha value is -2.00. The molecule has 0 bridgehead atoms. The number of aryl methyl sites for hydroxylation is 1. The number of aromatic amines is 1. The molecule has 2 aromatic rings. The standard InChI is InChI=1S/C17H22N2O5S2/c1-6-24-16(21)11-7-12(15(20)18-10(11)2)13-8-25-14(19-13)9-26(22,23)17(3,4)5/h7-8H,6,9H2,1-5H3,(H,18,20). The summed E-state index contributed by atoms with van der Waals surface area (Å²) in [6.07, 6.45) is 0. The Morgan fingerprint density at radius 3 is 2.58 bits per heavy atom. The average Bonchev–Trinajstić information content (AvgIpc) is 2.93. The molecule has 0 aliphatic carbocycles. The molecule has 0 saturated carbocycles. The summed E-state index contributed by atoms with van der Waals surface area (Å²) in [5.74, 6) is -0.733. The first-order valence-electron chi connectivity index (χ1n) is 8.04. The van der Waals surface area contributed by atoms with Gasteiger partial charge in [0.05, 0.1) is 28.2 Å². The minimum Gasteiger partial charge on any atom is -0.462 e. The van der Waals surface area contributed by atoms with Crippen molar-refractivity contribution in [3.05, 3.63) is 38.1 Å². The van der Waals surface area contributed by atoms with Crippen LogP contribution in [0.25, 0.3) is 11.3 Å². The van der Waals surface area contributed by atoms with Gasteiger partial charge in [-0.25, -0.2) is 18.2 Å². The van der Waals surface area contributed by atoms with Crippen molar-refractivity contribution in [3.8, 4) is 11.3 Å². The van der Waals surface area contributed by atoms with Crippen molar-refractivity contribution >= 4 is 27.1 Å². The Labute approximate surface area is 156 Å². The fourth-order valence-electron chi connectivity index (χ4n) is 2.11. The number of rotatable bonds is 5. The fourth-order valence-corrected chi connectivity index (χ4v) is 4.25. The van der Waals surface area contributed by atoms with Crippen LogP contribution < -0.4 is 5.56 Å². The van der Waals surface area contributed by atoms with Crippen LogP contribution >= 0.6 is 11.3 Å². The van der Waals surface area contributed by atoms with Gasteiger partial charge in [-0.2, -0.15) is 0 Å². The second-order valence-corrected chi connectivity index (χ2v) is 10.5. The van der Waals surface area contributed by atoms with Gasteiger partial charge in [0, 0.05) is 11.1 Å². The Bertz CT molecular complexity index is 981. The molecular weight excluding hydrogens is 376 g/mol. The summed E-state index contributed by atoms with van der Waals surface area (Å²) in [5.41, 5.74) is 0.794. The third-order valence-electron chi connectivity index (χ3n) is 3.81. The van der Waals surface area contributed by atoms with Crippen molar-refractivity contribution in [3.63, 3.8) is 0 Å². The van der Waals surface area contributed by atoms with Crippen LogP contribution in [0.2, 0.25) is 0 Å². The minimum atomic E-state index is -3.38. The second-order valence-electron chi connectivity index (χ2n) is 6.77. The van der Waals surface area contributed by atoms with Crippen LogP contribution in [0.3, 0.4) is 0 Å². The molecule has 7 nitrogen and oxygen atoms in total. The average molecular weight is 399 g/mol. The molecule has 0 radical (unpaired) electrons. The lowest BCUT2D eigenvalue weighted by atomic mass is 10.1. The normalized spacial score (nSPS) is 12.2. The number of carbonyl (C=O) groups is 1. The van der Waals surface area contributed by atoms with Gasteiger partial charge in [-0.3, -0.25) is 4.79 Å². The number of nitrogens with zero attached hydrogens (tertiary/aromatic N) is 1. The number of nitrogens with one attached hydrogen (secondary N) is 1. The summed E-state index contributed by atoms with van der Waals surface area (Å²) in [6, 6.07) is 1.43. The molecule has 0 unspecified atom stereocenters. The van der Waals surface area contributed by atoms with E-state index < -0.39 is 26.1 Å². The number of sulfone groups is 1. The van der Waals surface area contributed by atoms with Gasteiger partial charge < -0.3 is 9.72 Å². The number of ether oxygens (including phenoxy) is 1. The van der Waals surface area contributed by atoms with E-state index in [4.69, 9.17) is 4.74 Å². The summed E-state index contributed by atoms with van der Waals surface area (Å²) < 4.78 is 28.8. The molecule has 0 saturated heterocycles. The van der Waals surface area contributed by atoms with Crippen LogP contribution in [0, 0.1) is 6.92 Å². The number of H-pyrrole nitrogens is 1. The Balaban J connectivity index is 2.42. The highest BCUT2D eigenvalue weighted by atomic mass is 32.2. The number of pyridine rings is 1. The van der Waals surface area contributed by atoms with Gasteiger partial charge in [0.15, 0.2) is 9.84 Å². The van der Waals surface area contributed by atoms with E-state index in [1.54, 1.807) is 40.0 Å². The zero-order valence-electron chi connectivity index (χ0n) is 15.4. The highest BCUT2D eigenvalue weighted by Gasteiger charge is 2.30. The molecule has 9 heteroatoms. The third kappa shape index (κ3) is 4.21. The minimum absolute atomic E-state index is 0.199. The van der Waals surface area contributed by atoms with Gasteiger partial charge in [-0.15, -0.1) is 11.3 Å². The largest absolute Gasteiger partial charge is 0.462 e. The van der Waals surface area contributed by atoms with E-state index >= 15 is 0 Å². The number of aromatic nitrogens is 2. The number of carbonyl (C=O) groups excluding carboxylic acids is 1. The predicted molar refractivity (Wildman–Crippen MR) is 101 cm³/mol. The van der Waals surface area contributed by atoms with Crippen LogP contribution in [0.1, 0.15) is 48.8 Å². The first-order valence-corrected chi connectivity index (χ1v) is 10.6. The van der Waals surface area contributed by atoms with Crippen molar-refractivity contribution in [2.45, 2.75) is 45.1 Å². The maximum absolute atomic E-state index is 12.3. The number of hydrogen-bond acceptors (Lipinski definition) is 7. The molecule has 0 aliphatic rings. The zero-order valence-corrected chi connectivity index (χ0v) is 17.0. The van der Waals surface area contributed by atoms with Crippen LogP contribution in [0.5, 0.6) is 0 Å². The van der Waals surface area contributed by atoms with Crippen LogP contribution in [-0.2, 0) is 20.3 Å². The molecule has 2 aromatic heterocycles.